The highest BCUT2D eigenvalue weighted by molar-refractivity contribution is 5.99. The van der Waals surface area contributed by atoms with Crippen LogP contribution in [-0.4, -0.2) is 57.9 Å². The standard InChI is InChI=1S/C21H27N3O5/c1-21(2,3)29-20(28)16-10-7-13-23-17(25)12-11-15(19(27)24(16)23)22-18(26)14-8-5-4-6-9-14/h4-6,8-9,15-16H,7,10-13H2,1-3H3,(H,22,26). The molecule has 0 bridgehead atoms. The van der Waals surface area contributed by atoms with E-state index in [9.17, 15) is 19.2 Å². The molecule has 2 aliphatic heterocycles. The second-order valence-electron chi connectivity index (χ2n) is 8.32. The number of hydrogen-bond donors (Lipinski definition) is 1. The summed E-state index contributed by atoms with van der Waals surface area (Å²) < 4.78 is 5.48. The van der Waals surface area contributed by atoms with Crippen LogP contribution in [-0.2, 0) is 19.1 Å². The van der Waals surface area contributed by atoms with Gasteiger partial charge in [0.1, 0.15) is 11.6 Å². The predicted molar refractivity (Wildman–Crippen MR) is 104 cm³/mol. The minimum Gasteiger partial charge on any atom is -0.458 e. The van der Waals surface area contributed by atoms with Crippen molar-refractivity contribution in [2.24, 2.45) is 0 Å². The number of carbonyl (C=O) groups excluding carboxylic acids is 4. The van der Waals surface area contributed by atoms with E-state index in [0.717, 1.165) is 0 Å². The SMILES string of the molecule is CC(C)(C)OC(=O)C1CCCN2C(=O)CCC(NC(=O)c3ccccc3)C(=O)N12. The van der Waals surface area contributed by atoms with Gasteiger partial charge in [0.25, 0.3) is 11.8 Å². The molecule has 2 atom stereocenters. The zero-order valence-corrected chi connectivity index (χ0v) is 17.0. The first-order valence-corrected chi connectivity index (χ1v) is 9.89. The lowest BCUT2D eigenvalue weighted by atomic mass is 10.1. The Morgan fingerprint density at radius 2 is 1.79 bits per heavy atom. The first kappa shape index (κ1) is 20.8. The lowest BCUT2D eigenvalue weighted by Gasteiger charge is -2.43. The number of rotatable bonds is 3. The highest BCUT2D eigenvalue weighted by Crippen LogP contribution is 2.26. The molecule has 0 saturated carbocycles. The van der Waals surface area contributed by atoms with Crippen molar-refractivity contribution in [1.29, 1.82) is 0 Å². The van der Waals surface area contributed by atoms with Gasteiger partial charge in [-0.3, -0.25) is 19.4 Å². The van der Waals surface area contributed by atoms with Gasteiger partial charge in [-0.25, -0.2) is 9.80 Å². The fourth-order valence-corrected chi connectivity index (χ4v) is 3.58. The average Bonchev–Trinajstić information content (AvgIpc) is 2.79. The van der Waals surface area contributed by atoms with Crippen molar-refractivity contribution >= 4 is 23.7 Å². The van der Waals surface area contributed by atoms with E-state index in [-0.39, 0.29) is 18.7 Å². The van der Waals surface area contributed by atoms with Gasteiger partial charge in [-0.05, 0) is 52.2 Å². The minimum atomic E-state index is -0.889. The normalized spacial score (nSPS) is 22.6. The Morgan fingerprint density at radius 1 is 1.10 bits per heavy atom. The monoisotopic (exact) mass is 401 g/mol. The van der Waals surface area contributed by atoms with E-state index in [4.69, 9.17) is 4.74 Å². The molecule has 0 spiro atoms. The number of benzene rings is 1. The zero-order chi connectivity index (χ0) is 21.2. The Labute approximate surface area is 170 Å². The zero-order valence-electron chi connectivity index (χ0n) is 17.0. The summed E-state index contributed by atoms with van der Waals surface area (Å²) in [6, 6.07) is 6.80. The van der Waals surface area contributed by atoms with Crippen molar-refractivity contribution < 1.29 is 23.9 Å². The molecule has 2 unspecified atom stereocenters. The first-order chi connectivity index (χ1) is 13.7. The smallest absolute Gasteiger partial charge is 0.331 e. The summed E-state index contributed by atoms with van der Waals surface area (Å²) in [4.78, 5) is 51.2. The highest BCUT2D eigenvalue weighted by Gasteiger charge is 2.45. The Balaban J connectivity index is 1.83. The Kier molecular flexibility index (Phi) is 5.91. The lowest BCUT2D eigenvalue weighted by molar-refractivity contribution is -0.187. The van der Waals surface area contributed by atoms with E-state index in [0.29, 0.717) is 24.9 Å². The third-order valence-corrected chi connectivity index (χ3v) is 4.88. The van der Waals surface area contributed by atoms with Gasteiger partial charge in [0, 0.05) is 18.5 Å². The highest BCUT2D eigenvalue weighted by atomic mass is 16.6. The third-order valence-electron chi connectivity index (χ3n) is 4.88. The van der Waals surface area contributed by atoms with Crippen LogP contribution in [0.3, 0.4) is 0 Å². The van der Waals surface area contributed by atoms with Gasteiger partial charge >= 0.3 is 5.97 Å². The van der Waals surface area contributed by atoms with E-state index < -0.39 is 35.5 Å². The van der Waals surface area contributed by atoms with Crippen molar-refractivity contribution in [3.05, 3.63) is 35.9 Å². The fourth-order valence-electron chi connectivity index (χ4n) is 3.58. The van der Waals surface area contributed by atoms with Crippen molar-refractivity contribution in [2.45, 2.75) is 64.1 Å². The lowest BCUT2D eigenvalue weighted by Crippen LogP contribution is -2.62. The summed E-state index contributed by atoms with van der Waals surface area (Å²) in [7, 11) is 0. The van der Waals surface area contributed by atoms with Crippen LogP contribution in [0.2, 0.25) is 0 Å². The van der Waals surface area contributed by atoms with Crippen LogP contribution >= 0.6 is 0 Å². The Bertz CT molecular complexity index is 802. The third kappa shape index (κ3) is 4.75. The molecule has 1 N–H and O–H groups in total. The average molecular weight is 401 g/mol. The van der Waals surface area contributed by atoms with Crippen LogP contribution in [0, 0.1) is 0 Å². The van der Waals surface area contributed by atoms with Gasteiger partial charge in [0.15, 0.2) is 6.04 Å². The maximum Gasteiger partial charge on any atom is 0.331 e. The fraction of sp³-hybridized carbons (Fsp3) is 0.524. The maximum absolute atomic E-state index is 13.3. The van der Waals surface area contributed by atoms with Crippen molar-refractivity contribution in [3.8, 4) is 0 Å². The number of hydrogen-bond acceptors (Lipinski definition) is 5. The second-order valence-corrected chi connectivity index (χ2v) is 8.32. The largest absolute Gasteiger partial charge is 0.458 e. The minimum absolute atomic E-state index is 0.114. The number of carbonyl (C=O) groups is 4. The molecule has 2 heterocycles. The van der Waals surface area contributed by atoms with Crippen molar-refractivity contribution in [3.63, 3.8) is 0 Å². The van der Waals surface area contributed by atoms with Gasteiger partial charge in [-0.15, -0.1) is 0 Å². The van der Waals surface area contributed by atoms with Crippen molar-refractivity contribution in [2.75, 3.05) is 6.54 Å². The molecular weight excluding hydrogens is 374 g/mol. The van der Waals surface area contributed by atoms with Gasteiger partial charge in [0.2, 0.25) is 5.91 Å². The van der Waals surface area contributed by atoms with Gasteiger partial charge in [0.05, 0.1) is 0 Å². The molecule has 0 aromatic heterocycles. The molecule has 2 saturated heterocycles. The van der Waals surface area contributed by atoms with Crippen LogP contribution in [0.25, 0.3) is 0 Å². The van der Waals surface area contributed by atoms with Gasteiger partial charge < -0.3 is 10.1 Å². The molecule has 3 rings (SSSR count). The van der Waals surface area contributed by atoms with E-state index in [1.165, 1.54) is 10.0 Å². The Hall–Kier alpha value is -2.90. The number of nitrogens with zero attached hydrogens (tertiary/aromatic N) is 2. The summed E-state index contributed by atoms with van der Waals surface area (Å²) in [6.07, 6.45) is 1.30. The number of hydrazine groups is 1. The molecule has 1 aromatic carbocycles. The molecule has 1 aromatic rings. The molecule has 8 nitrogen and oxygen atoms in total. The number of fused-ring (bicyclic) bond motifs is 1. The van der Waals surface area contributed by atoms with E-state index in [2.05, 4.69) is 5.32 Å². The van der Waals surface area contributed by atoms with E-state index in [1.54, 1.807) is 51.1 Å². The second kappa shape index (κ2) is 8.23. The molecular formula is C21H27N3O5. The molecule has 8 heteroatoms. The molecule has 0 radical (unpaired) electrons. The summed E-state index contributed by atoms with van der Waals surface area (Å²) >= 11 is 0. The summed E-state index contributed by atoms with van der Waals surface area (Å²) in [5, 5.41) is 5.28. The van der Waals surface area contributed by atoms with Crippen LogP contribution in [0.4, 0.5) is 0 Å². The molecule has 3 amide bonds. The molecule has 29 heavy (non-hydrogen) atoms. The van der Waals surface area contributed by atoms with E-state index >= 15 is 0 Å². The topological polar surface area (TPSA) is 96.0 Å². The van der Waals surface area contributed by atoms with Crippen molar-refractivity contribution in [1.82, 2.24) is 15.3 Å². The molecule has 2 fully saturated rings. The number of amides is 3. The van der Waals surface area contributed by atoms with Crippen LogP contribution in [0.15, 0.2) is 30.3 Å². The van der Waals surface area contributed by atoms with Crippen LogP contribution in [0.1, 0.15) is 56.8 Å². The molecule has 156 valence electrons. The van der Waals surface area contributed by atoms with Gasteiger partial charge in [-0.1, -0.05) is 18.2 Å². The Morgan fingerprint density at radius 3 is 2.45 bits per heavy atom. The van der Waals surface area contributed by atoms with Crippen LogP contribution < -0.4 is 5.32 Å². The predicted octanol–water partition coefficient (Wildman–Crippen LogP) is 1.66. The summed E-state index contributed by atoms with van der Waals surface area (Å²) in [5.41, 5.74) is -0.283. The molecule has 2 aliphatic rings. The summed E-state index contributed by atoms with van der Waals surface area (Å²) in [6.45, 7) is 5.63. The van der Waals surface area contributed by atoms with Gasteiger partial charge in [-0.2, -0.15) is 0 Å². The van der Waals surface area contributed by atoms with E-state index in [1.807, 2.05) is 0 Å². The number of esters is 1. The van der Waals surface area contributed by atoms with Crippen LogP contribution in [0.5, 0.6) is 0 Å². The summed E-state index contributed by atoms with van der Waals surface area (Å²) in [5.74, 6) is -1.63. The molecule has 0 aliphatic carbocycles. The number of ether oxygens (including phenoxy) is 1. The first-order valence-electron chi connectivity index (χ1n) is 9.89. The quantitative estimate of drug-likeness (QED) is 0.777. The number of nitrogens with one attached hydrogen (secondary N) is 1. The maximum atomic E-state index is 13.3.